The quantitative estimate of drug-likeness (QED) is 0.136. The van der Waals surface area contributed by atoms with Gasteiger partial charge in [0, 0.05) is 111 Å². The molecule has 0 spiro atoms. The summed E-state index contributed by atoms with van der Waals surface area (Å²) in [5, 5.41) is 17.2. The molecule has 7 rings (SSSR count). The Hall–Kier alpha value is -5.24. The molecule has 15 heteroatoms. The first-order valence-corrected chi connectivity index (χ1v) is 18.9. The number of hydrogen-bond acceptors (Lipinski definition) is 8. The van der Waals surface area contributed by atoms with Gasteiger partial charge in [0.1, 0.15) is 0 Å². The molecule has 13 nitrogen and oxygen atoms in total. The molecule has 0 aliphatic carbocycles. The van der Waals surface area contributed by atoms with Crippen molar-refractivity contribution in [2.75, 3.05) is 26.7 Å². The van der Waals surface area contributed by atoms with Crippen molar-refractivity contribution in [3.05, 3.63) is 82.2 Å². The normalized spacial score (nSPS) is 16.1. The molecule has 0 unspecified atom stereocenters. The molecule has 0 radical (unpaired) electrons. The van der Waals surface area contributed by atoms with Crippen LogP contribution in [0.5, 0.6) is 5.88 Å². The van der Waals surface area contributed by atoms with Crippen molar-refractivity contribution in [3.63, 3.8) is 0 Å². The molecular weight excluding hydrogens is 743 g/mol. The zero-order valence-electron chi connectivity index (χ0n) is 30.8. The smallest absolute Gasteiger partial charge is 0.407 e. The Morgan fingerprint density at radius 3 is 2.51 bits per heavy atom. The third kappa shape index (κ3) is 8.10. The van der Waals surface area contributed by atoms with E-state index in [4.69, 9.17) is 37.9 Å². The largest absolute Gasteiger partial charge is 0.481 e. The molecule has 2 fully saturated rings. The zero-order chi connectivity index (χ0) is 38.8. The van der Waals surface area contributed by atoms with E-state index in [1.165, 1.54) is 12.0 Å². The second-order valence-corrected chi connectivity index (χ2v) is 14.8. The molecule has 2 saturated heterocycles. The summed E-state index contributed by atoms with van der Waals surface area (Å²) in [5.41, 5.74) is 7.38. The SMILES string of the molecule is COc1nc(-c2cccc(-c3ccnc(-c4cnc5c(CNC6CCN(C(C)=O)CC6)cn(C)c5c4)c3Cl)c2Cl)ccc1CN(C[C@@H]1CCC(=O)N1)C(=O)O. The highest BCUT2D eigenvalue weighted by Gasteiger charge is 2.27. The van der Waals surface area contributed by atoms with Gasteiger partial charge in [0.2, 0.25) is 17.7 Å². The van der Waals surface area contributed by atoms with E-state index >= 15 is 0 Å². The van der Waals surface area contributed by atoms with Crippen LogP contribution in [-0.2, 0) is 29.7 Å². The van der Waals surface area contributed by atoms with Gasteiger partial charge in [0.05, 0.1) is 46.1 Å². The fraction of sp³-hybridized carbons (Fsp3) is 0.350. The monoisotopic (exact) mass is 784 g/mol. The lowest BCUT2D eigenvalue weighted by Crippen LogP contribution is -2.43. The lowest BCUT2D eigenvalue weighted by Gasteiger charge is -2.31. The number of rotatable bonds is 11. The van der Waals surface area contributed by atoms with Crippen molar-refractivity contribution in [2.45, 2.75) is 57.8 Å². The zero-order valence-corrected chi connectivity index (χ0v) is 32.3. The van der Waals surface area contributed by atoms with Crippen molar-refractivity contribution >= 4 is 52.1 Å². The van der Waals surface area contributed by atoms with Crippen molar-refractivity contribution in [1.29, 1.82) is 0 Å². The van der Waals surface area contributed by atoms with E-state index in [0.717, 1.165) is 48.1 Å². The van der Waals surface area contributed by atoms with Crippen molar-refractivity contribution in [3.8, 4) is 39.5 Å². The van der Waals surface area contributed by atoms with Crippen LogP contribution in [0, 0.1) is 0 Å². The summed E-state index contributed by atoms with van der Waals surface area (Å²) in [6.45, 7) is 4.02. The summed E-state index contributed by atoms with van der Waals surface area (Å²) in [6.07, 6.45) is 7.28. The summed E-state index contributed by atoms with van der Waals surface area (Å²) >= 11 is 14.2. The number of carboxylic acid groups (broad SMARTS) is 1. The van der Waals surface area contributed by atoms with Crippen LogP contribution in [0.25, 0.3) is 44.7 Å². The van der Waals surface area contributed by atoms with Crippen molar-refractivity contribution in [2.24, 2.45) is 7.05 Å². The van der Waals surface area contributed by atoms with Gasteiger partial charge in [-0.25, -0.2) is 9.78 Å². The summed E-state index contributed by atoms with van der Waals surface area (Å²) in [5.74, 6) is 0.316. The van der Waals surface area contributed by atoms with E-state index in [-0.39, 0.29) is 36.8 Å². The highest BCUT2D eigenvalue weighted by Crippen LogP contribution is 2.42. The van der Waals surface area contributed by atoms with Crippen LogP contribution in [0.4, 0.5) is 4.79 Å². The average Bonchev–Trinajstić information content (AvgIpc) is 3.74. The number of piperidine rings is 1. The molecule has 3 N–H and O–H groups in total. The van der Waals surface area contributed by atoms with Crippen LogP contribution in [0.1, 0.15) is 43.7 Å². The molecule has 286 valence electrons. The van der Waals surface area contributed by atoms with Gasteiger partial charge in [-0.3, -0.25) is 19.6 Å². The second kappa shape index (κ2) is 16.2. The Kier molecular flexibility index (Phi) is 11.2. The molecular formula is C40H42Cl2N8O5. The van der Waals surface area contributed by atoms with E-state index in [9.17, 15) is 19.5 Å². The summed E-state index contributed by atoms with van der Waals surface area (Å²) < 4.78 is 7.67. The summed E-state index contributed by atoms with van der Waals surface area (Å²) in [7, 11) is 3.48. The van der Waals surface area contributed by atoms with E-state index in [0.29, 0.717) is 69.1 Å². The third-order valence-electron chi connectivity index (χ3n) is 10.4. The highest BCUT2D eigenvalue weighted by atomic mass is 35.5. The Morgan fingerprint density at radius 2 is 1.80 bits per heavy atom. The topological polar surface area (TPSA) is 155 Å². The summed E-state index contributed by atoms with van der Waals surface area (Å²) in [4.78, 5) is 52.9. The molecule has 1 atom stereocenters. The standard InChI is InChI=1S/C40H42Cl2N8O5/c1-23(51)49-15-12-27(13-16-49)44-19-26-20-48(2)33-17-25(18-45-37(26)33)38-36(42)30(11-14-43-38)29-5-4-6-31(35(29)41)32-9-7-24(39(47-32)55-3)21-50(40(53)54)22-28-8-10-34(52)46-28/h4-7,9,11,14,17-18,20,27-28,44H,8,10,12-13,15-16,19,21-22H2,1-3H3,(H,46,52)(H,53,54)/t28-/m0/s1. The molecule has 4 aromatic heterocycles. The number of likely N-dealkylation sites (tertiary alicyclic amines) is 1. The molecule has 0 bridgehead atoms. The molecule has 2 aliphatic heterocycles. The number of hydrogen-bond donors (Lipinski definition) is 3. The number of fused-ring (bicyclic) bond motifs is 1. The maximum absolute atomic E-state index is 12.1. The van der Waals surface area contributed by atoms with Crippen LogP contribution < -0.4 is 15.4 Å². The average molecular weight is 786 g/mol. The first kappa shape index (κ1) is 38.1. The molecule has 55 heavy (non-hydrogen) atoms. The van der Waals surface area contributed by atoms with E-state index in [2.05, 4.69) is 26.4 Å². The van der Waals surface area contributed by atoms with Gasteiger partial charge >= 0.3 is 6.09 Å². The number of carbonyl (C=O) groups excluding carboxylic acids is 2. The van der Waals surface area contributed by atoms with Gasteiger partial charge in [-0.05, 0) is 43.5 Å². The van der Waals surface area contributed by atoms with Crippen LogP contribution >= 0.6 is 23.2 Å². The Labute approximate surface area is 328 Å². The van der Waals surface area contributed by atoms with Crippen LogP contribution in [0.3, 0.4) is 0 Å². The maximum Gasteiger partial charge on any atom is 0.407 e. The Morgan fingerprint density at radius 1 is 1.04 bits per heavy atom. The molecule has 3 amide bonds. The molecule has 5 aromatic rings. The number of benzene rings is 1. The van der Waals surface area contributed by atoms with Gasteiger partial charge in [0.25, 0.3) is 0 Å². The van der Waals surface area contributed by atoms with Gasteiger partial charge in [-0.15, -0.1) is 0 Å². The van der Waals surface area contributed by atoms with Gasteiger partial charge in [-0.2, -0.15) is 0 Å². The molecule has 1 aromatic carbocycles. The van der Waals surface area contributed by atoms with Crippen molar-refractivity contribution < 1.29 is 24.2 Å². The van der Waals surface area contributed by atoms with Gasteiger partial charge in [-0.1, -0.05) is 41.4 Å². The number of carbonyl (C=O) groups is 3. The van der Waals surface area contributed by atoms with E-state index < -0.39 is 6.09 Å². The molecule has 0 saturated carbocycles. The number of nitrogens with zero attached hydrogens (tertiary/aromatic N) is 6. The molecule has 6 heterocycles. The number of aryl methyl sites for hydroxylation is 1. The first-order valence-electron chi connectivity index (χ1n) is 18.2. The van der Waals surface area contributed by atoms with Crippen LogP contribution in [-0.4, -0.2) is 91.2 Å². The maximum atomic E-state index is 12.1. The highest BCUT2D eigenvalue weighted by molar-refractivity contribution is 6.39. The third-order valence-corrected chi connectivity index (χ3v) is 11.2. The van der Waals surface area contributed by atoms with Gasteiger partial charge < -0.3 is 34.8 Å². The number of pyridine rings is 3. The lowest BCUT2D eigenvalue weighted by molar-refractivity contribution is -0.130. The van der Waals surface area contributed by atoms with Crippen LogP contribution in [0.2, 0.25) is 10.0 Å². The van der Waals surface area contributed by atoms with Crippen molar-refractivity contribution in [1.82, 2.24) is 40.0 Å². The van der Waals surface area contributed by atoms with E-state index in [1.54, 1.807) is 31.5 Å². The number of aromatic nitrogens is 4. The Balaban J connectivity index is 1.11. The second-order valence-electron chi connectivity index (χ2n) is 14.0. The predicted molar refractivity (Wildman–Crippen MR) is 211 cm³/mol. The fourth-order valence-corrected chi connectivity index (χ4v) is 8.10. The Bertz CT molecular complexity index is 2270. The lowest BCUT2D eigenvalue weighted by atomic mass is 9.99. The minimum absolute atomic E-state index is 0.0333. The first-order chi connectivity index (χ1) is 26.5. The number of nitrogens with one attached hydrogen (secondary N) is 2. The minimum Gasteiger partial charge on any atom is -0.481 e. The predicted octanol–water partition coefficient (Wildman–Crippen LogP) is 6.54. The number of halogens is 2. The van der Waals surface area contributed by atoms with Crippen LogP contribution in [0.15, 0.2) is 61.1 Å². The summed E-state index contributed by atoms with van der Waals surface area (Å²) in [6, 6.07) is 13.1. The fourth-order valence-electron chi connectivity index (χ4n) is 7.45. The number of ether oxygens (including phenoxy) is 1. The van der Waals surface area contributed by atoms with E-state index in [1.807, 2.05) is 42.3 Å². The molecule has 2 aliphatic rings. The van der Waals surface area contributed by atoms with Gasteiger partial charge in [0.15, 0.2) is 0 Å². The number of methoxy groups -OCH3 is 1. The number of amides is 3. The minimum atomic E-state index is -1.10.